The molecule has 0 aliphatic rings. The molecule has 0 bridgehead atoms. The zero-order chi connectivity index (χ0) is 11.0. The highest BCUT2D eigenvalue weighted by atomic mass is 16.7. The van der Waals surface area contributed by atoms with Crippen molar-refractivity contribution >= 4 is 0 Å². The van der Waals surface area contributed by atoms with Crippen LogP contribution in [0.2, 0.25) is 0 Å². The second-order valence-electron chi connectivity index (χ2n) is 2.91. The molecule has 14 heavy (non-hydrogen) atoms. The molecule has 6 nitrogen and oxygen atoms in total. The minimum atomic E-state index is -1.13. The van der Waals surface area contributed by atoms with Crippen LogP contribution < -0.4 is 5.73 Å². The molecule has 5 N–H and O–H groups in total. The molecule has 0 heterocycles. The van der Waals surface area contributed by atoms with Gasteiger partial charge < -0.3 is 30.5 Å². The maximum Gasteiger partial charge on any atom is 0.186 e. The van der Waals surface area contributed by atoms with E-state index >= 15 is 0 Å². The fourth-order valence-electron chi connectivity index (χ4n) is 0.783. The van der Waals surface area contributed by atoms with Crippen molar-refractivity contribution in [3.63, 3.8) is 0 Å². The summed E-state index contributed by atoms with van der Waals surface area (Å²) >= 11 is 0. The summed E-state index contributed by atoms with van der Waals surface area (Å²) in [5, 5.41) is 26.7. The van der Waals surface area contributed by atoms with Gasteiger partial charge in [0.2, 0.25) is 0 Å². The Morgan fingerprint density at radius 2 is 1.93 bits per heavy atom. The SMILES string of the molecule is CC(CO)O[C@@H](OCCN)[C@@H](O)CO. The molecule has 0 rings (SSSR count). The predicted octanol–water partition coefficient (Wildman–Crippen LogP) is -1.96. The summed E-state index contributed by atoms with van der Waals surface area (Å²) in [6, 6.07) is 0. The monoisotopic (exact) mass is 209 g/mol. The van der Waals surface area contributed by atoms with Gasteiger partial charge in [0.15, 0.2) is 6.29 Å². The van der Waals surface area contributed by atoms with E-state index in [1.807, 2.05) is 0 Å². The van der Waals surface area contributed by atoms with E-state index in [9.17, 15) is 5.11 Å². The normalized spacial score (nSPS) is 17.8. The number of rotatable bonds is 8. The Morgan fingerprint density at radius 3 is 2.36 bits per heavy atom. The van der Waals surface area contributed by atoms with Crippen LogP contribution in [0.5, 0.6) is 0 Å². The summed E-state index contributed by atoms with van der Waals surface area (Å²) < 4.78 is 10.2. The molecular weight excluding hydrogens is 190 g/mol. The number of hydrogen-bond acceptors (Lipinski definition) is 6. The fourth-order valence-corrected chi connectivity index (χ4v) is 0.783. The first-order valence-corrected chi connectivity index (χ1v) is 4.52. The van der Waals surface area contributed by atoms with Gasteiger partial charge in [0, 0.05) is 6.54 Å². The molecule has 0 fully saturated rings. The first-order valence-electron chi connectivity index (χ1n) is 4.52. The molecule has 0 radical (unpaired) electrons. The molecule has 0 aromatic rings. The summed E-state index contributed by atoms with van der Waals surface area (Å²) in [6.45, 7) is 1.50. The van der Waals surface area contributed by atoms with Crippen LogP contribution in [0.25, 0.3) is 0 Å². The highest BCUT2D eigenvalue weighted by Crippen LogP contribution is 2.05. The molecule has 0 aliphatic heterocycles. The molecule has 0 amide bonds. The number of hydrogen-bond donors (Lipinski definition) is 4. The standard InChI is InChI=1S/C8H19NO5/c1-6(4-10)14-8(7(12)5-11)13-3-2-9/h6-8,10-12H,2-5,9H2,1H3/t6?,7-,8+/m0/s1. The van der Waals surface area contributed by atoms with Gasteiger partial charge in [0.05, 0.1) is 25.9 Å². The average Bonchev–Trinajstić information content (AvgIpc) is 2.22. The molecular formula is C8H19NO5. The summed E-state index contributed by atoms with van der Waals surface area (Å²) in [5.41, 5.74) is 5.21. The first-order chi connectivity index (χ1) is 6.65. The van der Waals surface area contributed by atoms with Crippen molar-refractivity contribution in [2.24, 2.45) is 5.73 Å². The van der Waals surface area contributed by atoms with Gasteiger partial charge in [-0.05, 0) is 6.92 Å². The lowest BCUT2D eigenvalue weighted by molar-refractivity contribution is -0.222. The smallest absolute Gasteiger partial charge is 0.186 e. The van der Waals surface area contributed by atoms with Crippen molar-refractivity contribution in [1.82, 2.24) is 0 Å². The van der Waals surface area contributed by atoms with Crippen molar-refractivity contribution in [2.75, 3.05) is 26.4 Å². The van der Waals surface area contributed by atoms with E-state index < -0.39 is 25.1 Å². The lowest BCUT2D eigenvalue weighted by Crippen LogP contribution is -2.38. The van der Waals surface area contributed by atoms with Crippen molar-refractivity contribution in [1.29, 1.82) is 0 Å². The van der Waals surface area contributed by atoms with Gasteiger partial charge >= 0.3 is 0 Å². The lowest BCUT2D eigenvalue weighted by Gasteiger charge is -2.24. The largest absolute Gasteiger partial charge is 0.394 e. The topological polar surface area (TPSA) is 105 Å². The summed E-state index contributed by atoms with van der Waals surface area (Å²) in [6.07, 6.45) is -2.54. The molecule has 0 spiro atoms. The zero-order valence-corrected chi connectivity index (χ0v) is 8.30. The Kier molecular flexibility index (Phi) is 7.96. The van der Waals surface area contributed by atoms with Crippen LogP contribution in [0.4, 0.5) is 0 Å². The van der Waals surface area contributed by atoms with Crippen molar-refractivity contribution in [3.05, 3.63) is 0 Å². The average molecular weight is 209 g/mol. The van der Waals surface area contributed by atoms with E-state index in [1.54, 1.807) is 6.92 Å². The van der Waals surface area contributed by atoms with Crippen molar-refractivity contribution in [2.45, 2.75) is 25.4 Å². The fraction of sp³-hybridized carbons (Fsp3) is 1.00. The lowest BCUT2D eigenvalue weighted by atomic mass is 10.3. The quantitative estimate of drug-likeness (QED) is 0.346. The van der Waals surface area contributed by atoms with Crippen LogP contribution >= 0.6 is 0 Å². The number of nitrogens with two attached hydrogens (primary N) is 1. The van der Waals surface area contributed by atoms with Gasteiger partial charge in [0.25, 0.3) is 0 Å². The van der Waals surface area contributed by atoms with Gasteiger partial charge in [-0.15, -0.1) is 0 Å². The molecule has 0 aromatic carbocycles. The van der Waals surface area contributed by atoms with Crippen LogP contribution in [-0.4, -0.2) is 60.2 Å². The van der Waals surface area contributed by atoms with E-state index in [4.69, 9.17) is 25.4 Å². The van der Waals surface area contributed by atoms with Gasteiger partial charge in [-0.2, -0.15) is 0 Å². The van der Waals surface area contributed by atoms with E-state index in [0.717, 1.165) is 0 Å². The maximum absolute atomic E-state index is 9.27. The van der Waals surface area contributed by atoms with Crippen molar-refractivity contribution in [3.8, 4) is 0 Å². The van der Waals surface area contributed by atoms with Gasteiger partial charge in [-0.1, -0.05) is 0 Å². The first kappa shape index (κ1) is 13.8. The minimum absolute atomic E-state index is 0.180. The Bertz CT molecular complexity index is 135. The second-order valence-corrected chi connectivity index (χ2v) is 2.91. The maximum atomic E-state index is 9.27. The van der Waals surface area contributed by atoms with Gasteiger partial charge in [-0.25, -0.2) is 0 Å². The molecule has 6 heteroatoms. The summed E-state index contributed by atoms with van der Waals surface area (Å²) in [5.74, 6) is 0. The van der Waals surface area contributed by atoms with E-state index in [2.05, 4.69) is 0 Å². The molecule has 0 aromatic heterocycles. The minimum Gasteiger partial charge on any atom is -0.394 e. The Morgan fingerprint density at radius 1 is 1.29 bits per heavy atom. The number of aliphatic hydroxyl groups excluding tert-OH is 3. The Balaban J connectivity index is 3.96. The zero-order valence-electron chi connectivity index (χ0n) is 8.30. The second kappa shape index (κ2) is 8.10. The molecule has 0 saturated carbocycles. The van der Waals surface area contributed by atoms with Crippen LogP contribution in [0, 0.1) is 0 Å². The van der Waals surface area contributed by atoms with E-state index in [-0.39, 0.29) is 13.2 Å². The summed E-state index contributed by atoms with van der Waals surface area (Å²) in [4.78, 5) is 0. The predicted molar refractivity (Wildman–Crippen MR) is 49.5 cm³/mol. The van der Waals surface area contributed by atoms with Crippen LogP contribution in [0.1, 0.15) is 6.92 Å². The highest BCUT2D eigenvalue weighted by Gasteiger charge is 2.21. The molecule has 0 aliphatic carbocycles. The Labute approximate surface area is 83.2 Å². The number of ether oxygens (including phenoxy) is 2. The van der Waals surface area contributed by atoms with E-state index in [1.165, 1.54) is 0 Å². The molecule has 3 atom stereocenters. The van der Waals surface area contributed by atoms with Gasteiger partial charge in [0.1, 0.15) is 6.10 Å². The summed E-state index contributed by atoms with van der Waals surface area (Å²) in [7, 11) is 0. The third kappa shape index (κ3) is 5.48. The molecule has 1 unspecified atom stereocenters. The van der Waals surface area contributed by atoms with Gasteiger partial charge in [-0.3, -0.25) is 0 Å². The molecule has 0 saturated heterocycles. The molecule has 86 valence electrons. The van der Waals surface area contributed by atoms with Crippen molar-refractivity contribution < 1.29 is 24.8 Å². The van der Waals surface area contributed by atoms with Crippen LogP contribution in [0.15, 0.2) is 0 Å². The highest BCUT2D eigenvalue weighted by molar-refractivity contribution is 4.60. The van der Waals surface area contributed by atoms with Crippen LogP contribution in [0.3, 0.4) is 0 Å². The number of aliphatic hydroxyl groups is 3. The van der Waals surface area contributed by atoms with Crippen LogP contribution in [-0.2, 0) is 9.47 Å². The van der Waals surface area contributed by atoms with E-state index in [0.29, 0.717) is 6.54 Å². The third-order valence-electron chi connectivity index (χ3n) is 1.52. The Hall–Kier alpha value is -0.240. The third-order valence-corrected chi connectivity index (χ3v) is 1.52.